The van der Waals surface area contributed by atoms with Gasteiger partial charge in [-0.2, -0.15) is 0 Å². The molecular formula is C25H18S. The van der Waals surface area contributed by atoms with E-state index in [1.165, 1.54) is 48.0 Å². The molecule has 0 amide bonds. The first-order valence-electron chi connectivity index (χ1n) is 8.87. The Kier molecular flexibility index (Phi) is 3.62. The maximum Gasteiger partial charge on any atom is 0.0361 e. The molecule has 5 aromatic rings. The number of thiophene rings is 1. The summed E-state index contributed by atoms with van der Waals surface area (Å²) in [7, 11) is 0. The van der Waals surface area contributed by atoms with Gasteiger partial charge in [-0.05, 0) is 47.4 Å². The lowest BCUT2D eigenvalue weighted by molar-refractivity contribution is 1.47. The van der Waals surface area contributed by atoms with Crippen LogP contribution in [0.3, 0.4) is 0 Å². The van der Waals surface area contributed by atoms with Gasteiger partial charge in [-0.25, -0.2) is 0 Å². The van der Waals surface area contributed by atoms with Gasteiger partial charge in [0.15, 0.2) is 0 Å². The summed E-state index contributed by atoms with van der Waals surface area (Å²) in [6, 6.07) is 33.0. The first kappa shape index (κ1) is 15.4. The quantitative estimate of drug-likeness (QED) is 0.306. The van der Waals surface area contributed by atoms with Crippen LogP contribution >= 0.6 is 11.3 Å². The van der Waals surface area contributed by atoms with Crippen molar-refractivity contribution in [3.05, 3.63) is 96.6 Å². The van der Waals surface area contributed by atoms with E-state index >= 15 is 0 Å². The molecule has 0 N–H and O–H groups in total. The summed E-state index contributed by atoms with van der Waals surface area (Å²) in [6.45, 7) is 2.13. The Bertz CT molecular complexity index is 1210. The maximum absolute atomic E-state index is 2.33. The standard InChI is InChI=1S/C25H18S/c1-17-7-9-19(10-8-17)21-11-13-22-23-15-20(18-5-3-2-4-6-18)12-14-24(23)26-25(22)16-21/h2-16H,1H3. The van der Waals surface area contributed by atoms with E-state index in [0.29, 0.717) is 0 Å². The summed E-state index contributed by atoms with van der Waals surface area (Å²) in [5, 5.41) is 2.69. The zero-order valence-corrected chi connectivity index (χ0v) is 15.4. The zero-order chi connectivity index (χ0) is 17.5. The third-order valence-electron chi connectivity index (χ3n) is 4.96. The molecule has 1 aromatic heterocycles. The first-order valence-corrected chi connectivity index (χ1v) is 9.68. The van der Waals surface area contributed by atoms with Gasteiger partial charge in [-0.15, -0.1) is 11.3 Å². The summed E-state index contributed by atoms with van der Waals surface area (Å²) in [6.07, 6.45) is 0. The third kappa shape index (κ3) is 2.61. The molecule has 26 heavy (non-hydrogen) atoms. The smallest absolute Gasteiger partial charge is 0.0361 e. The average Bonchev–Trinajstić information content (AvgIpc) is 3.06. The molecule has 0 bridgehead atoms. The van der Waals surface area contributed by atoms with Gasteiger partial charge in [0.25, 0.3) is 0 Å². The van der Waals surface area contributed by atoms with Crippen LogP contribution in [0.4, 0.5) is 0 Å². The molecule has 0 radical (unpaired) electrons. The second kappa shape index (κ2) is 6.12. The van der Waals surface area contributed by atoms with Gasteiger partial charge in [-0.3, -0.25) is 0 Å². The highest BCUT2D eigenvalue weighted by atomic mass is 32.1. The molecule has 4 aromatic carbocycles. The number of hydrogen-bond donors (Lipinski definition) is 0. The predicted octanol–water partition coefficient (Wildman–Crippen LogP) is 7.70. The van der Waals surface area contributed by atoms with Crippen LogP contribution in [0.1, 0.15) is 5.56 Å². The van der Waals surface area contributed by atoms with E-state index in [0.717, 1.165) is 0 Å². The Morgan fingerprint density at radius 2 is 1.15 bits per heavy atom. The topological polar surface area (TPSA) is 0 Å². The van der Waals surface area contributed by atoms with E-state index in [2.05, 4.69) is 97.9 Å². The second-order valence-electron chi connectivity index (χ2n) is 6.76. The van der Waals surface area contributed by atoms with E-state index in [9.17, 15) is 0 Å². The molecule has 1 heterocycles. The second-order valence-corrected chi connectivity index (χ2v) is 7.84. The van der Waals surface area contributed by atoms with Crippen LogP contribution in [0.25, 0.3) is 42.4 Å². The Labute approximate surface area is 157 Å². The first-order chi connectivity index (χ1) is 12.8. The van der Waals surface area contributed by atoms with Crippen LogP contribution in [0.5, 0.6) is 0 Å². The largest absolute Gasteiger partial charge is 0.135 e. The number of fused-ring (bicyclic) bond motifs is 3. The Morgan fingerprint density at radius 3 is 1.96 bits per heavy atom. The van der Waals surface area contributed by atoms with Crippen molar-refractivity contribution in [2.75, 3.05) is 0 Å². The molecule has 0 saturated carbocycles. The molecule has 0 nitrogen and oxygen atoms in total. The molecule has 0 unspecified atom stereocenters. The summed E-state index contributed by atoms with van der Waals surface area (Å²) in [5.41, 5.74) is 6.41. The van der Waals surface area contributed by atoms with Crippen molar-refractivity contribution < 1.29 is 0 Å². The average molecular weight is 350 g/mol. The maximum atomic E-state index is 2.33. The SMILES string of the molecule is Cc1ccc(-c2ccc3c(c2)sc2ccc(-c4ccccc4)cc23)cc1. The van der Waals surface area contributed by atoms with Crippen molar-refractivity contribution in [3.63, 3.8) is 0 Å². The molecule has 0 atom stereocenters. The fourth-order valence-corrected chi connectivity index (χ4v) is 4.64. The summed E-state index contributed by atoms with van der Waals surface area (Å²) in [4.78, 5) is 0. The lowest BCUT2D eigenvalue weighted by Gasteiger charge is -2.03. The number of rotatable bonds is 2. The molecule has 0 spiro atoms. The molecule has 5 rings (SSSR count). The molecule has 0 saturated heterocycles. The fourth-order valence-electron chi connectivity index (χ4n) is 3.51. The van der Waals surface area contributed by atoms with E-state index in [-0.39, 0.29) is 0 Å². The van der Waals surface area contributed by atoms with Crippen LogP contribution in [-0.4, -0.2) is 0 Å². The Hall–Kier alpha value is -2.90. The highest BCUT2D eigenvalue weighted by molar-refractivity contribution is 7.25. The van der Waals surface area contributed by atoms with Gasteiger partial charge in [0, 0.05) is 20.2 Å². The number of hydrogen-bond acceptors (Lipinski definition) is 1. The van der Waals surface area contributed by atoms with Crippen molar-refractivity contribution in [1.29, 1.82) is 0 Å². The zero-order valence-electron chi connectivity index (χ0n) is 14.6. The summed E-state index contributed by atoms with van der Waals surface area (Å²) in [5.74, 6) is 0. The molecular weight excluding hydrogens is 332 g/mol. The van der Waals surface area contributed by atoms with Gasteiger partial charge in [0.05, 0.1) is 0 Å². The Morgan fingerprint density at radius 1 is 0.500 bits per heavy atom. The fraction of sp³-hybridized carbons (Fsp3) is 0.0400. The van der Waals surface area contributed by atoms with Crippen molar-refractivity contribution in [1.82, 2.24) is 0 Å². The molecule has 0 aliphatic heterocycles. The van der Waals surface area contributed by atoms with Crippen LogP contribution in [0.2, 0.25) is 0 Å². The highest BCUT2D eigenvalue weighted by Gasteiger charge is 2.08. The van der Waals surface area contributed by atoms with Crippen LogP contribution in [0.15, 0.2) is 91.0 Å². The molecule has 0 aliphatic carbocycles. The molecule has 124 valence electrons. The van der Waals surface area contributed by atoms with Crippen LogP contribution in [-0.2, 0) is 0 Å². The minimum Gasteiger partial charge on any atom is -0.135 e. The van der Waals surface area contributed by atoms with Crippen LogP contribution in [0, 0.1) is 6.92 Å². The number of benzene rings is 4. The normalized spacial score (nSPS) is 11.3. The summed E-state index contributed by atoms with van der Waals surface area (Å²) < 4.78 is 2.70. The van der Waals surface area contributed by atoms with Crippen molar-refractivity contribution in [2.24, 2.45) is 0 Å². The van der Waals surface area contributed by atoms with Gasteiger partial charge < -0.3 is 0 Å². The van der Waals surface area contributed by atoms with Gasteiger partial charge in [0.1, 0.15) is 0 Å². The molecule has 1 heteroatoms. The highest BCUT2D eigenvalue weighted by Crippen LogP contribution is 2.38. The molecule has 0 aliphatic rings. The van der Waals surface area contributed by atoms with E-state index < -0.39 is 0 Å². The van der Waals surface area contributed by atoms with Crippen molar-refractivity contribution in [3.8, 4) is 22.3 Å². The van der Waals surface area contributed by atoms with Crippen LogP contribution < -0.4 is 0 Å². The Balaban J connectivity index is 1.66. The van der Waals surface area contributed by atoms with Gasteiger partial charge in [0.2, 0.25) is 0 Å². The molecule has 0 fully saturated rings. The predicted molar refractivity (Wildman–Crippen MR) is 115 cm³/mol. The summed E-state index contributed by atoms with van der Waals surface area (Å²) >= 11 is 1.88. The van der Waals surface area contributed by atoms with Gasteiger partial charge >= 0.3 is 0 Å². The van der Waals surface area contributed by atoms with Crippen molar-refractivity contribution >= 4 is 31.5 Å². The third-order valence-corrected chi connectivity index (χ3v) is 6.10. The van der Waals surface area contributed by atoms with E-state index in [4.69, 9.17) is 0 Å². The van der Waals surface area contributed by atoms with Gasteiger partial charge in [-0.1, -0.05) is 78.4 Å². The monoisotopic (exact) mass is 350 g/mol. The minimum absolute atomic E-state index is 1.27. The lowest BCUT2D eigenvalue weighted by Crippen LogP contribution is -1.78. The van der Waals surface area contributed by atoms with Crippen molar-refractivity contribution in [2.45, 2.75) is 6.92 Å². The van der Waals surface area contributed by atoms with E-state index in [1.54, 1.807) is 0 Å². The number of aryl methyl sites for hydroxylation is 1. The lowest BCUT2D eigenvalue weighted by atomic mass is 10.0. The van der Waals surface area contributed by atoms with E-state index in [1.807, 2.05) is 11.3 Å². The minimum atomic E-state index is 1.27.